The normalized spacial score (nSPS) is 19.7. The predicted octanol–water partition coefficient (Wildman–Crippen LogP) is 1.98. The van der Waals surface area contributed by atoms with Crippen LogP contribution in [0.3, 0.4) is 0 Å². The van der Waals surface area contributed by atoms with E-state index < -0.39 is 0 Å². The molecule has 1 heterocycles. The second-order valence-corrected chi connectivity index (χ2v) is 5.86. The van der Waals surface area contributed by atoms with E-state index in [1.54, 1.807) is 24.1 Å². The van der Waals surface area contributed by atoms with Gasteiger partial charge in [-0.15, -0.1) is 0 Å². The fraction of sp³-hybridized carbons (Fsp3) is 0.462. The number of carbonyl (C=O) groups is 1. The van der Waals surface area contributed by atoms with Crippen molar-refractivity contribution in [2.24, 2.45) is 0 Å². The van der Waals surface area contributed by atoms with Crippen molar-refractivity contribution in [2.45, 2.75) is 12.2 Å². The monoisotopic (exact) mass is 267 g/mol. The molecule has 5 heteroatoms. The Balaban J connectivity index is 2.22. The summed E-state index contributed by atoms with van der Waals surface area (Å²) in [6, 6.07) is 4.72. The SMILES string of the molecule is COc1ccc(O)c(C(=O)N2CCSC(C)C2)c1. The number of aromatic hydroxyl groups is 1. The third-order valence-corrected chi connectivity index (χ3v) is 4.10. The Hall–Kier alpha value is -1.36. The van der Waals surface area contributed by atoms with Crippen molar-refractivity contribution in [3.05, 3.63) is 23.8 Å². The van der Waals surface area contributed by atoms with Gasteiger partial charge in [0.1, 0.15) is 11.5 Å². The van der Waals surface area contributed by atoms with Gasteiger partial charge in [0.15, 0.2) is 0 Å². The summed E-state index contributed by atoms with van der Waals surface area (Å²) in [4.78, 5) is 14.1. The Morgan fingerprint density at radius 1 is 1.56 bits per heavy atom. The molecule has 1 aliphatic rings. The van der Waals surface area contributed by atoms with Gasteiger partial charge in [0.05, 0.1) is 12.7 Å². The van der Waals surface area contributed by atoms with Gasteiger partial charge in [-0.1, -0.05) is 6.92 Å². The Labute approximate surface area is 111 Å². The molecule has 1 aliphatic heterocycles. The van der Waals surface area contributed by atoms with Crippen LogP contribution in [-0.2, 0) is 0 Å². The zero-order chi connectivity index (χ0) is 13.1. The van der Waals surface area contributed by atoms with Crippen LogP contribution in [0.4, 0.5) is 0 Å². The van der Waals surface area contributed by atoms with Crippen molar-refractivity contribution in [2.75, 3.05) is 26.0 Å². The van der Waals surface area contributed by atoms with Crippen LogP contribution >= 0.6 is 11.8 Å². The van der Waals surface area contributed by atoms with Crippen LogP contribution in [0.15, 0.2) is 18.2 Å². The number of amides is 1. The van der Waals surface area contributed by atoms with Gasteiger partial charge in [-0.05, 0) is 18.2 Å². The van der Waals surface area contributed by atoms with Gasteiger partial charge in [-0.3, -0.25) is 4.79 Å². The summed E-state index contributed by atoms with van der Waals surface area (Å²) >= 11 is 1.87. The average molecular weight is 267 g/mol. The van der Waals surface area contributed by atoms with Gasteiger partial charge >= 0.3 is 0 Å². The molecule has 0 aromatic heterocycles. The molecule has 0 radical (unpaired) electrons. The topological polar surface area (TPSA) is 49.8 Å². The van der Waals surface area contributed by atoms with E-state index in [-0.39, 0.29) is 11.7 Å². The van der Waals surface area contributed by atoms with Crippen molar-refractivity contribution in [3.63, 3.8) is 0 Å². The van der Waals surface area contributed by atoms with Crippen molar-refractivity contribution >= 4 is 17.7 Å². The van der Waals surface area contributed by atoms with E-state index in [1.165, 1.54) is 6.07 Å². The van der Waals surface area contributed by atoms with Crippen molar-refractivity contribution in [1.29, 1.82) is 0 Å². The van der Waals surface area contributed by atoms with Crippen LogP contribution in [0.5, 0.6) is 11.5 Å². The van der Waals surface area contributed by atoms with Crippen LogP contribution in [0.2, 0.25) is 0 Å². The first-order valence-electron chi connectivity index (χ1n) is 5.89. The maximum absolute atomic E-state index is 12.3. The molecular formula is C13H17NO3S. The van der Waals surface area contributed by atoms with Crippen molar-refractivity contribution in [3.8, 4) is 11.5 Å². The van der Waals surface area contributed by atoms with Crippen LogP contribution in [0.25, 0.3) is 0 Å². The molecule has 1 fully saturated rings. The first-order valence-corrected chi connectivity index (χ1v) is 6.94. The standard InChI is InChI=1S/C13H17NO3S/c1-9-8-14(5-6-18-9)13(16)11-7-10(17-2)3-4-12(11)15/h3-4,7,9,15H,5-6,8H2,1-2H3. The minimum Gasteiger partial charge on any atom is -0.507 e. The Morgan fingerprint density at radius 2 is 2.33 bits per heavy atom. The van der Waals surface area contributed by atoms with Gasteiger partial charge in [0.25, 0.3) is 5.91 Å². The first kappa shape index (κ1) is 13.1. The van der Waals surface area contributed by atoms with Crippen molar-refractivity contribution < 1.29 is 14.6 Å². The molecule has 1 atom stereocenters. The minimum absolute atomic E-state index is 0.00618. The smallest absolute Gasteiger partial charge is 0.257 e. The van der Waals surface area contributed by atoms with Gasteiger partial charge < -0.3 is 14.7 Å². The lowest BCUT2D eigenvalue weighted by Crippen LogP contribution is -2.41. The summed E-state index contributed by atoms with van der Waals surface area (Å²) in [7, 11) is 1.54. The van der Waals surface area contributed by atoms with Crippen LogP contribution in [-0.4, -0.2) is 47.1 Å². The zero-order valence-corrected chi connectivity index (χ0v) is 11.4. The molecule has 1 unspecified atom stereocenters. The van der Waals surface area contributed by atoms with Gasteiger partial charge in [-0.2, -0.15) is 11.8 Å². The van der Waals surface area contributed by atoms with Gasteiger partial charge in [0, 0.05) is 24.1 Å². The first-order chi connectivity index (χ1) is 8.61. The van der Waals surface area contributed by atoms with Crippen molar-refractivity contribution in [1.82, 2.24) is 4.90 Å². The van der Waals surface area contributed by atoms with Crippen LogP contribution in [0, 0.1) is 0 Å². The molecule has 0 saturated carbocycles. The second kappa shape index (κ2) is 5.52. The predicted molar refractivity (Wildman–Crippen MR) is 72.5 cm³/mol. The van der Waals surface area contributed by atoms with E-state index in [0.29, 0.717) is 16.6 Å². The summed E-state index contributed by atoms with van der Waals surface area (Å²) in [6.07, 6.45) is 0. The molecule has 1 N–H and O–H groups in total. The molecule has 18 heavy (non-hydrogen) atoms. The lowest BCUT2D eigenvalue weighted by Gasteiger charge is -2.30. The molecule has 1 saturated heterocycles. The van der Waals surface area contributed by atoms with E-state index in [0.717, 1.165) is 18.8 Å². The number of phenols is 1. The summed E-state index contributed by atoms with van der Waals surface area (Å²) in [5.41, 5.74) is 0.313. The Kier molecular flexibility index (Phi) is 4.01. The molecule has 1 amide bonds. The summed E-state index contributed by atoms with van der Waals surface area (Å²) in [6.45, 7) is 3.56. The fourth-order valence-electron chi connectivity index (χ4n) is 1.99. The lowest BCUT2D eigenvalue weighted by molar-refractivity contribution is 0.0759. The highest BCUT2D eigenvalue weighted by Crippen LogP contribution is 2.26. The number of thioether (sulfide) groups is 1. The molecule has 2 rings (SSSR count). The molecule has 1 aromatic rings. The molecule has 4 nitrogen and oxygen atoms in total. The van der Waals surface area contributed by atoms with Crippen LogP contribution in [0.1, 0.15) is 17.3 Å². The number of ether oxygens (including phenoxy) is 1. The Morgan fingerprint density at radius 3 is 3.00 bits per heavy atom. The maximum Gasteiger partial charge on any atom is 0.257 e. The molecule has 98 valence electrons. The summed E-state index contributed by atoms with van der Waals surface area (Å²) in [5.74, 6) is 1.40. The second-order valence-electron chi connectivity index (χ2n) is 4.32. The highest BCUT2D eigenvalue weighted by atomic mass is 32.2. The molecule has 1 aromatic carbocycles. The summed E-state index contributed by atoms with van der Waals surface area (Å²) in [5, 5.41) is 10.2. The van der Waals surface area contributed by atoms with Crippen LogP contribution < -0.4 is 4.74 Å². The third-order valence-electron chi connectivity index (χ3n) is 2.96. The number of benzene rings is 1. The number of hydrogen-bond acceptors (Lipinski definition) is 4. The molecule has 0 spiro atoms. The summed E-state index contributed by atoms with van der Waals surface area (Å²) < 4.78 is 5.08. The number of hydrogen-bond donors (Lipinski definition) is 1. The van der Waals surface area contributed by atoms with E-state index in [1.807, 2.05) is 11.8 Å². The third kappa shape index (κ3) is 2.72. The molecule has 0 bridgehead atoms. The van der Waals surface area contributed by atoms with Gasteiger partial charge in [-0.25, -0.2) is 0 Å². The number of carbonyl (C=O) groups excluding carboxylic acids is 1. The number of rotatable bonds is 2. The Bertz CT molecular complexity index is 450. The number of phenolic OH excluding ortho intramolecular Hbond substituents is 1. The quantitative estimate of drug-likeness (QED) is 0.890. The highest BCUT2D eigenvalue weighted by molar-refractivity contribution is 7.99. The maximum atomic E-state index is 12.3. The molecular weight excluding hydrogens is 250 g/mol. The zero-order valence-electron chi connectivity index (χ0n) is 10.5. The minimum atomic E-state index is -0.126. The molecule has 0 aliphatic carbocycles. The lowest BCUT2D eigenvalue weighted by atomic mass is 10.1. The van der Waals surface area contributed by atoms with Gasteiger partial charge in [0.2, 0.25) is 0 Å². The largest absolute Gasteiger partial charge is 0.507 e. The fourth-order valence-corrected chi connectivity index (χ4v) is 3.00. The number of nitrogens with zero attached hydrogens (tertiary/aromatic N) is 1. The average Bonchev–Trinajstić information content (AvgIpc) is 2.38. The van der Waals surface area contributed by atoms with E-state index >= 15 is 0 Å². The van der Waals surface area contributed by atoms with E-state index in [2.05, 4.69) is 6.92 Å². The van der Waals surface area contributed by atoms with E-state index in [9.17, 15) is 9.90 Å². The number of methoxy groups -OCH3 is 1. The highest BCUT2D eigenvalue weighted by Gasteiger charge is 2.24. The van der Waals surface area contributed by atoms with E-state index in [4.69, 9.17) is 4.74 Å².